The number of hydrogen-bond acceptors (Lipinski definition) is 2. The number of rotatable bonds is 2. The normalized spacial score (nSPS) is 21.8. The fraction of sp³-hybridized carbons (Fsp3) is 0.133. The molecular weight excluding hydrogens is 279 g/mol. The SMILES string of the molecule is N[C@H]1C(=O)N(c2cccc(F)c2)[C@@H]1c1ccccc1Cl. The van der Waals surface area contributed by atoms with Crippen LogP contribution in [0.2, 0.25) is 5.02 Å². The Morgan fingerprint density at radius 1 is 1.15 bits per heavy atom. The van der Waals surface area contributed by atoms with E-state index in [1.54, 1.807) is 18.2 Å². The van der Waals surface area contributed by atoms with E-state index in [4.69, 9.17) is 17.3 Å². The van der Waals surface area contributed by atoms with Gasteiger partial charge in [0, 0.05) is 10.7 Å². The molecule has 2 aromatic carbocycles. The summed E-state index contributed by atoms with van der Waals surface area (Å²) < 4.78 is 13.3. The van der Waals surface area contributed by atoms with E-state index in [1.165, 1.54) is 17.0 Å². The zero-order chi connectivity index (χ0) is 14.3. The van der Waals surface area contributed by atoms with E-state index in [1.807, 2.05) is 18.2 Å². The molecule has 1 fully saturated rings. The Bertz CT molecular complexity index is 676. The lowest BCUT2D eigenvalue weighted by molar-refractivity contribution is -0.126. The first kappa shape index (κ1) is 13.1. The molecule has 102 valence electrons. The molecule has 0 aromatic heterocycles. The van der Waals surface area contributed by atoms with Crippen LogP contribution in [0, 0.1) is 5.82 Å². The van der Waals surface area contributed by atoms with Gasteiger partial charge in [-0.3, -0.25) is 4.79 Å². The van der Waals surface area contributed by atoms with Crippen molar-refractivity contribution in [2.24, 2.45) is 5.73 Å². The van der Waals surface area contributed by atoms with Crippen LogP contribution < -0.4 is 10.6 Å². The summed E-state index contributed by atoms with van der Waals surface area (Å²) in [4.78, 5) is 13.5. The summed E-state index contributed by atoms with van der Waals surface area (Å²) in [5.74, 6) is -0.630. The van der Waals surface area contributed by atoms with Gasteiger partial charge in [0.2, 0.25) is 5.91 Å². The van der Waals surface area contributed by atoms with Crippen LogP contribution >= 0.6 is 11.6 Å². The van der Waals surface area contributed by atoms with Crippen molar-refractivity contribution < 1.29 is 9.18 Å². The van der Waals surface area contributed by atoms with Crippen LogP contribution in [-0.4, -0.2) is 11.9 Å². The van der Waals surface area contributed by atoms with E-state index < -0.39 is 11.9 Å². The average molecular weight is 291 g/mol. The number of anilines is 1. The maximum Gasteiger partial charge on any atom is 0.247 e. The topological polar surface area (TPSA) is 46.3 Å². The molecule has 20 heavy (non-hydrogen) atoms. The number of nitrogens with zero attached hydrogens (tertiary/aromatic N) is 1. The Morgan fingerprint density at radius 2 is 1.90 bits per heavy atom. The van der Waals surface area contributed by atoms with Gasteiger partial charge in [0.1, 0.15) is 11.9 Å². The minimum atomic E-state index is -0.654. The third-order valence-electron chi connectivity index (χ3n) is 3.45. The fourth-order valence-electron chi connectivity index (χ4n) is 2.47. The quantitative estimate of drug-likeness (QED) is 0.865. The van der Waals surface area contributed by atoms with Crippen molar-refractivity contribution in [2.75, 3.05) is 4.90 Å². The van der Waals surface area contributed by atoms with E-state index in [0.717, 1.165) is 5.56 Å². The number of nitrogens with two attached hydrogens (primary N) is 1. The standard InChI is InChI=1S/C15H12ClFN2O/c16-12-7-2-1-6-11(12)14-13(18)15(20)19(14)10-5-3-4-9(17)8-10/h1-8,13-14H,18H2/t13-,14-/m1/s1. The van der Waals surface area contributed by atoms with Crippen molar-refractivity contribution in [2.45, 2.75) is 12.1 Å². The fourth-order valence-corrected chi connectivity index (χ4v) is 2.72. The number of benzene rings is 2. The first-order valence-corrected chi connectivity index (χ1v) is 6.56. The first-order valence-electron chi connectivity index (χ1n) is 6.18. The van der Waals surface area contributed by atoms with Gasteiger partial charge >= 0.3 is 0 Å². The minimum absolute atomic E-state index is 0.236. The van der Waals surface area contributed by atoms with Gasteiger partial charge in [-0.05, 0) is 29.8 Å². The smallest absolute Gasteiger partial charge is 0.247 e. The lowest BCUT2D eigenvalue weighted by Gasteiger charge is -2.45. The summed E-state index contributed by atoms with van der Waals surface area (Å²) in [6.45, 7) is 0. The zero-order valence-corrected chi connectivity index (χ0v) is 11.2. The van der Waals surface area contributed by atoms with Crippen LogP contribution in [0.25, 0.3) is 0 Å². The van der Waals surface area contributed by atoms with Gasteiger partial charge in [-0.25, -0.2) is 4.39 Å². The van der Waals surface area contributed by atoms with Crippen molar-refractivity contribution in [1.82, 2.24) is 0 Å². The van der Waals surface area contributed by atoms with Crippen molar-refractivity contribution in [3.05, 3.63) is 64.9 Å². The molecule has 0 bridgehead atoms. The Kier molecular flexibility index (Phi) is 3.20. The molecule has 2 N–H and O–H groups in total. The van der Waals surface area contributed by atoms with Crippen LogP contribution in [-0.2, 0) is 4.79 Å². The zero-order valence-electron chi connectivity index (χ0n) is 10.5. The van der Waals surface area contributed by atoms with E-state index >= 15 is 0 Å². The van der Waals surface area contributed by atoms with Crippen molar-refractivity contribution >= 4 is 23.2 Å². The van der Waals surface area contributed by atoms with Gasteiger partial charge in [0.05, 0.1) is 6.04 Å². The highest BCUT2D eigenvalue weighted by atomic mass is 35.5. The molecule has 0 saturated carbocycles. The Balaban J connectivity index is 2.02. The molecule has 0 radical (unpaired) electrons. The lowest BCUT2D eigenvalue weighted by Crippen LogP contribution is -2.63. The monoisotopic (exact) mass is 290 g/mol. The molecule has 0 spiro atoms. The predicted octanol–water partition coefficient (Wildman–Crippen LogP) is 2.89. The number of hydrogen-bond donors (Lipinski definition) is 1. The molecular formula is C15H12ClFN2O. The number of carbonyl (C=O) groups excluding carboxylic acids is 1. The molecule has 3 rings (SSSR count). The molecule has 1 aliphatic rings. The Morgan fingerprint density at radius 3 is 2.60 bits per heavy atom. The molecule has 1 saturated heterocycles. The van der Waals surface area contributed by atoms with Gasteiger partial charge in [0.25, 0.3) is 0 Å². The van der Waals surface area contributed by atoms with Crippen molar-refractivity contribution in [3.63, 3.8) is 0 Å². The van der Waals surface area contributed by atoms with Crippen LogP contribution in [0.5, 0.6) is 0 Å². The summed E-state index contributed by atoms with van der Waals surface area (Å²) in [6.07, 6.45) is 0. The largest absolute Gasteiger partial charge is 0.318 e. The Labute approximate surface area is 120 Å². The van der Waals surface area contributed by atoms with E-state index in [2.05, 4.69) is 0 Å². The molecule has 1 heterocycles. The molecule has 1 amide bonds. The van der Waals surface area contributed by atoms with Crippen LogP contribution in [0.1, 0.15) is 11.6 Å². The van der Waals surface area contributed by atoms with Gasteiger partial charge in [-0.15, -0.1) is 0 Å². The van der Waals surface area contributed by atoms with E-state index in [-0.39, 0.29) is 11.9 Å². The van der Waals surface area contributed by atoms with Crippen molar-refractivity contribution in [1.29, 1.82) is 0 Å². The summed E-state index contributed by atoms with van der Waals surface area (Å²) in [5, 5.41) is 0.543. The summed E-state index contributed by atoms with van der Waals surface area (Å²) >= 11 is 6.16. The molecule has 0 aliphatic carbocycles. The molecule has 2 atom stereocenters. The molecule has 2 aromatic rings. The van der Waals surface area contributed by atoms with Crippen molar-refractivity contribution in [3.8, 4) is 0 Å². The molecule has 3 nitrogen and oxygen atoms in total. The summed E-state index contributed by atoms with van der Waals surface area (Å²) in [5.41, 5.74) is 7.15. The number of carbonyl (C=O) groups is 1. The third kappa shape index (κ3) is 1.97. The number of halogens is 2. The lowest BCUT2D eigenvalue weighted by atomic mass is 9.88. The first-order chi connectivity index (χ1) is 9.59. The summed E-state index contributed by atoms with van der Waals surface area (Å²) in [7, 11) is 0. The number of amides is 1. The molecule has 5 heteroatoms. The van der Waals surface area contributed by atoms with Crippen LogP contribution in [0.3, 0.4) is 0 Å². The number of β-lactam (4-membered cyclic amide) rings is 1. The second-order valence-corrected chi connectivity index (χ2v) is 5.09. The van der Waals surface area contributed by atoms with Gasteiger partial charge in [-0.1, -0.05) is 35.9 Å². The predicted molar refractivity (Wildman–Crippen MR) is 76.1 cm³/mol. The summed E-state index contributed by atoms with van der Waals surface area (Å²) in [6, 6.07) is 12.1. The highest BCUT2D eigenvalue weighted by molar-refractivity contribution is 6.31. The van der Waals surface area contributed by atoms with Gasteiger partial charge in [0.15, 0.2) is 0 Å². The maximum absolute atomic E-state index is 13.3. The second kappa shape index (κ2) is 4.89. The third-order valence-corrected chi connectivity index (χ3v) is 3.80. The van der Waals surface area contributed by atoms with Gasteiger partial charge < -0.3 is 10.6 Å². The van der Waals surface area contributed by atoms with E-state index in [9.17, 15) is 9.18 Å². The highest BCUT2D eigenvalue weighted by Gasteiger charge is 2.47. The molecule has 0 unspecified atom stereocenters. The van der Waals surface area contributed by atoms with Crippen LogP contribution in [0.4, 0.5) is 10.1 Å². The maximum atomic E-state index is 13.3. The second-order valence-electron chi connectivity index (χ2n) is 4.68. The van der Waals surface area contributed by atoms with E-state index in [0.29, 0.717) is 10.7 Å². The average Bonchev–Trinajstić information content (AvgIpc) is 2.45. The minimum Gasteiger partial charge on any atom is -0.318 e. The Hall–Kier alpha value is -1.91. The molecule has 1 aliphatic heterocycles. The van der Waals surface area contributed by atoms with Crippen LogP contribution in [0.15, 0.2) is 48.5 Å². The van der Waals surface area contributed by atoms with Gasteiger partial charge in [-0.2, -0.15) is 0 Å². The highest BCUT2D eigenvalue weighted by Crippen LogP contribution is 2.40.